The highest BCUT2D eigenvalue weighted by Gasteiger charge is 2.50. The summed E-state index contributed by atoms with van der Waals surface area (Å²) < 4.78 is 18.6. The molecule has 1 N–H and O–H groups in total. The molecule has 188 valence electrons. The van der Waals surface area contributed by atoms with Crippen molar-refractivity contribution >= 4 is 36.7 Å². The molecule has 1 fully saturated rings. The number of aromatic nitrogens is 2. The third kappa shape index (κ3) is 4.85. The Morgan fingerprint density at radius 3 is 2.44 bits per heavy atom. The lowest BCUT2D eigenvalue weighted by Crippen LogP contribution is -2.59. The van der Waals surface area contributed by atoms with Gasteiger partial charge in [0.05, 0.1) is 12.3 Å². The molecule has 36 heavy (non-hydrogen) atoms. The Morgan fingerprint density at radius 2 is 1.78 bits per heavy atom. The maximum absolute atomic E-state index is 13.1. The molecule has 7 nitrogen and oxygen atoms in total. The van der Waals surface area contributed by atoms with Crippen LogP contribution in [0.25, 0.3) is 0 Å². The van der Waals surface area contributed by atoms with E-state index in [1.807, 2.05) is 43.1 Å². The van der Waals surface area contributed by atoms with Crippen molar-refractivity contribution in [1.82, 2.24) is 9.97 Å². The average Bonchev–Trinajstić information content (AvgIpc) is 3.35. The molecule has 3 aromatic rings. The fourth-order valence-corrected chi connectivity index (χ4v) is 4.70. The molecule has 2 aromatic carbocycles. The first-order valence-corrected chi connectivity index (χ1v) is 11.7. The molecule has 1 spiro atoms. The zero-order chi connectivity index (χ0) is 24.6. The van der Waals surface area contributed by atoms with Gasteiger partial charge >= 0.3 is 0 Å². The highest BCUT2D eigenvalue weighted by molar-refractivity contribution is 7.59. The van der Waals surface area contributed by atoms with E-state index in [4.69, 9.17) is 9.72 Å². The summed E-state index contributed by atoms with van der Waals surface area (Å²) in [5.41, 5.74) is 3.21. The molecule has 3 heterocycles. The first-order chi connectivity index (χ1) is 16.9. The van der Waals surface area contributed by atoms with Crippen molar-refractivity contribution in [2.75, 3.05) is 30.5 Å². The number of anilines is 2. The number of hydrogen-bond acceptors (Lipinski definition) is 6. The van der Waals surface area contributed by atoms with Crippen molar-refractivity contribution < 1.29 is 18.7 Å². The van der Waals surface area contributed by atoms with Gasteiger partial charge in [0.25, 0.3) is 5.91 Å². The summed E-state index contributed by atoms with van der Waals surface area (Å²) >= 11 is 0. The van der Waals surface area contributed by atoms with Crippen LogP contribution >= 0.6 is 13.5 Å². The highest BCUT2D eigenvalue weighted by Crippen LogP contribution is 2.39. The zero-order valence-corrected chi connectivity index (χ0v) is 21.3. The number of likely N-dealkylation sites (N-methyl/N-ethyl adjacent to an activating group) is 1. The number of benzene rings is 2. The maximum Gasteiger partial charge on any atom is 0.252 e. The van der Waals surface area contributed by atoms with E-state index < -0.39 is 5.54 Å². The van der Waals surface area contributed by atoms with Crippen molar-refractivity contribution in [2.24, 2.45) is 0 Å². The molecule has 0 bridgehead atoms. The molecule has 1 atom stereocenters. The summed E-state index contributed by atoms with van der Waals surface area (Å²) in [5.74, 6) is 0.980. The van der Waals surface area contributed by atoms with Gasteiger partial charge in [0.1, 0.15) is 22.9 Å². The molecular weight excluding hydrogens is 479 g/mol. The van der Waals surface area contributed by atoms with Crippen LogP contribution in [0.1, 0.15) is 39.4 Å². The number of halogens is 1. The van der Waals surface area contributed by atoms with E-state index in [2.05, 4.69) is 10.3 Å². The first kappa shape index (κ1) is 25.8. The Hall–Kier alpha value is -3.30. The van der Waals surface area contributed by atoms with E-state index in [1.165, 1.54) is 24.3 Å². The lowest BCUT2D eigenvalue weighted by atomic mass is 9.92. The summed E-state index contributed by atoms with van der Waals surface area (Å²) in [7, 11) is 1.90. The smallest absolute Gasteiger partial charge is 0.252 e. The van der Waals surface area contributed by atoms with E-state index in [0.717, 1.165) is 29.1 Å². The number of carbonyl (C=O) groups is 2. The number of ketones is 1. The number of hydrogen-bond donors (Lipinski definition) is 1. The minimum absolute atomic E-state index is 0. The van der Waals surface area contributed by atoms with Gasteiger partial charge in [0, 0.05) is 38.5 Å². The number of ether oxygens (including phenoxy) is 1. The molecule has 1 aromatic heterocycles. The van der Waals surface area contributed by atoms with E-state index in [-0.39, 0.29) is 37.4 Å². The summed E-state index contributed by atoms with van der Waals surface area (Å²) in [4.78, 5) is 36.6. The quantitative estimate of drug-likeness (QED) is 0.510. The normalized spacial score (nSPS) is 18.5. The van der Waals surface area contributed by atoms with Crippen molar-refractivity contribution in [3.05, 3.63) is 82.6 Å². The van der Waals surface area contributed by atoms with Crippen LogP contribution in [0, 0.1) is 12.7 Å². The van der Waals surface area contributed by atoms with Crippen LogP contribution in [0.3, 0.4) is 0 Å². The van der Waals surface area contributed by atoms with Crippen molar-refractivity contribution in [3.8, 4) is 0 Å². The van der Waals surface area contributed by atoms with Gasteiger partial charge in [-0.05, 0) is 48.7 Å². The predicted octanol–water partition coefficient (Wildman–Crippen LogP) is 3.79. The Bertz CT molecular complexity index is 1280. The number of carbonyl (C=O) groups excluding carboxylic acids is 2. The number of rotatable bonds is 6. The standard InChI is InChI=1S/C27H27FN4O3.H2S/c1-17-24-25(32(2)27(26(34)31-24)13-14-35-16-27)30-23(29-17)12-7-18-3-5-19(6-4-18)15-22(33)20-8-10-21(28)11-9-20;/h3-6,8-11H,7,12-16H2,1-2H3,(H,31,34);1H2/t27-;/m0./s1. The van der Waals surface area contributed by atoms with Gasteiger partial charge in [0.15, 0.2) is 11.6 Å². The fraction of sp³-hybridized carbons (Fsp3) is 0.333. The molecule has 0 saturated carbocycles. The molecule has 0 radical (unpaired) electrons. The lowest BCUT2D eigenvalue weighted by molar-refractivity contribution is -0.121. The Kier molecular flexibility index (Phi) is 7.42. The van der Waals surface area contributed by atoms with Crippen molar-refractivity contribution in [1.29, 1.82) is 0 Å². The van der Waals surface area contributed by atoms with Crippen LogP contribution < -0.4 is 10.2 Å². The van der Waals surface area contributed by atoms with Crippen molar-refractivity contribution in [3.63, 3.8) is 0 Å². The SMILES string of the molecule is Cc1nc(CCc2ccc(CC(=O)c3ccc(F)cc3)cc2)nc2c1NC(=O)[C@@]1(CCOC1)N2C.S. The molecule has 9 heteroatoms. The van der Waals surface area contributed by atoms with Crippen molar-refractivity contribution in [2.45, 2.75) is 38.1 Å². The summed E-state index contributed by atoms with van der Waals surface area (Å²) in [6, 6.07) is 13.5. The van der Waals surface area contributed by atoms with Gasteiger partial charge in [-0.3, -0.25) is 9.59 Å². The van der Waals surface area contributed by atoms with Gasteiger partial charge in [-0.1, -0.05) is 24.3 Å². The van der Waals surface area contributed by atoms with Gasteiger partial charge in [-0.15, -0.1) is 0 Å². The second-order valence-corrected chi connectivity index (χ2v) is 9.19. The number of nitrogens with zero attached hydrogens (tertiary/aromatic N) is 3. The summed E-state index contributed by atoms with van der Waals surface area (Å²) in [6.45, 7) is 2.78. The van der Waals surface area contributed by atoms with Gasteiger partial charge in [-0.2, -0.15) is 13.5 Å². The second-order valence-electron chi connectivity index (χ2n) is 9.19. The summed E-state index contributed by atoms with van der Waals surface area (Å²) in [5, 5.41) is 3.00. The maximum atomic E-state index is 13.1. The van der Waals surface area contributed by atoms with Crippen LogP contribution in [0.4, 0.5) is 15.9 Å². The number of fused-ring (bicyclic) bond motifs is 1. The zero-order valence-electron chi connectivity index (χ0n) is 20.3. The van der Waals surface area contributed by atoms with E-state index in [0.29, 0.717) is 43.1 Å². The molecule has 1 saturated heterocycles. The van der Waals surface area contributed by atoms with Crippen LogP contribution in [0.15, 0.2) is 48.5 Å². The van der Waals surface area contributed by atoms with Crippen LogP contribution in [0.5, 0.6) is 0 Å². The van der Waals surface area contributed by atoms with Crippen LogP contribution in [-0.4, -0.2) is 47.5 Å². The largest absolute Gasteiger partial charge is 0.378 e. The van der Waals surface area contributed by atoms with Crippen LogP contribution in [-0.2, 0) is 28.8 Å². The lowest BCUT2D eigenvalue weighted by Gasteiger charge is -2.41. The monoisotopic (exact) mass is 508 g/mol. The molecular formula is C27H29FN4O3S. The minimum atomic E-state index is -0.716. The first-order valence-electron chi connectivity index (χ1n) is 11.7. The Morgan fingerprint density at radius 1 is 1.08 bits per heavy atom. The van der Waals surface area contributed by atoms with E-state index >= 15 is 0 Å². The minimum Gasteiger partial charge on any atom is -0.378 e. The number of amides is 1. The molecule has 0 unspecified atom stereocenters. The highest BCUT2D eigenvalue weighted by atomic mass is 32.1. The molecule has 1 amide bonds. The number of Topliss-reactive ketones (excluding diaryl/α,β-unsaturated/α-hetero) is 1. The Balaban J connectivity index is 0.00000304. The molecule has 5 rings (SSSR count). The topological polar surface area (TPSA) is 84.4 Å². The third-order valence-electron chi connectivity index (χ3n) is 6.93. The number of nitrogens with one attached hydrogen (secondary N) is 1. The predicted molar refractivity (Wildman–Crippen MR) is 141 cm³/mol. The molecule has 2 aliphatic heterocycles. The Labute approximate surface area is 216 Å². The van der Waals surface area contributed by atoms with Gasteiger partial charge in [-0.25, -0.2) is 14.4 Å². The van der Waals surface area contributed by atoms with Crippen LogP contribution in [0.2, 0.25) is 0 Å². The summed E-state index contributed by atoms with van der Waals surface area (Å²) in [6.07, 6.45) is 2.29. The third-order valence-corrected chi connectivity index (χ3v) is 6.93. The van der Waals surface area contributed by atoms with E-state index in [1.54, 1.807) is 0 Å². The number of aryl methyl sites for hydroxylation is 3. The van der Waals surface area contributed by atoms with Gasteiger partial charge < -0.3 is 15.0 Å². The molecule has 0 aliphatic carbocycles. The molecule has 2 aliphatic rings. The van der Waals surface area contributed by atoms with Gasteiger partial charge in [0.2, 0.25) is 0 Å². The average molecular weight is 509 g/mol. The fourth-order valence-electron chi connectivity index (χ4n) is 4.70. The van der Waals surface area contributed by atoms with E-state index in [9.17, 15) is 14.0 Å². The second kappa shape index (κ2) is 10.4.